The van der Waals surface area contributed by atoms with Crippen molar-refractivity contribution in [3.8, 4) is 0 Å². The third-order valence-corrected chi connectivity index (χ3v) is 5.62. The van der Waals surface area contributed by atoms with Gasteiger partial charge in [0.15, 0.2) is 0 Å². The van der Waals surface area contributed by atoms with Gasteiger partial charge >= 0.3 is 6.09 Å². The topological polar surface area (TPSA) is 77.2 Å². The molecule has 0 saturated heterocycles. The van der Waals surface area contributed by atoms with Crippen LogP contribution in [-0.4, -0.2) is 33.9 Å². The normalized spacial score (nSPS) is 12.6. The number of alkyl carbamates (subject to hydrolysis) is 1. The lowest BCUT2D eigenvalue weighted by Crippen LogP contribution is -2.35. The van der Waals surface area contributed by atoms with Crippen LogP contribution in [0.2, 0.25) is 10.0 Å². The standard InChI is InChI=1S/C18H23Cl2N3O3S2/c1-18(2,3)26-16(24)21-14(8-9-27-4)15-22-23-17(25-15)28-10-11-12(19)6-5-7-13(11)20/h5-7,14H,8-10H2,1-4H3,(H,21,24)/t14-/m0/s1. The van der Waals surface area contributed by atoms with Gasteiger partial charge in [-0.2, -0.15) is 11.8 Å². The fourth-order valence-electron chi connectivity index (χ4n) is 2.17. The highest BCUT2D eigenvalue weighted by Crippen LogP contribution is 2.31. The predicted molar refractivity (Wildman–Crippen MR) is 115 cm³/mol. The zero-order chi connectivity index (χ0) is 20.7. The van der Waals surface area contributed by atoms with Crippen molar-refractivity contribution in [2.75, 3.05) is 12.0 Å². The number of thioether (sulfide) groups is 2. The van der Waals surface area contributed by atoms with E-state index < -0.39 is 17.7 Å². The Kier molecular flexibility index (Phi) is 8.80. The van der Waals surface area contributed by atoms with Crippen LogP contribution in [0.25, 0.3) is 0 Å². The van der Waals surface area contributed by atoms with Crippen LogP contribution in [-0.2, 0) is 10.5 Å². The Balaban J connectivity index is 2.05. The Hall–Kier alpha value is -1.09. The molecule has 0 aliphatic rings. The van der Waals surface area contributed by atoms with E-state index in [0.29, 0.717) is 33.3 Å². The maximum atomic E-state index is 12.1. The molecule has 0 spiro atoms. The quantitative estimate of drug-likeness (QED) is 0.481. The smallest absolute Gasteiger partial charge is 0.408 e. The molecule has 0 bridgehead atoms. The number of aromatic nitrogens is 2. The Morgan fingerprint density at radius 2 is 1.96 bits per heavy atom. The monoisotopic (exact) mass is 463 g/mol. The first-order valence-electron chi connectivity index (χ1n) is 8.57. The summed E-state index contributed by atoms with van der Waals surface area (Å²) in [6, 6.07) is 4.94. The largest absolute Gasteiger partial charge is 0.444 e. The van der Waals surface area contributed by atoms with Crippen LogP contribution in [0.5, 0.6) is 0 Å². The first-order valence-corrected chi connectivity index (χ1v) is 11.7. The van der Waals surface area contributed by atoms with Crippen LogP contribution >= 0.6 is 46.7 Å². The average Bonchev–Trinajstić information content (AvgIpc) is 3.05. The van der Waals surface area contributed by atoms with Gasteiger partial charge in [-0.1, -0.05) is 41.0 Å². The van der Waals surface area contributed by atoms with E-state index in [1.807, 2.05) is 27.0 Å². The first kappa shape index (κ1) is 23.2. The van der Waals surface area contributed by atoms with Crippen molar-refractivity contribution in [1.82, 2.24) is 15.5 Å². The maximum Gasteiger partial charge on any atom is 0.408 e. The third-order valence-electron chi connectivity index (χ3n) is 3.42. The molecule has 1 aromatic heterocycles. The van der Waals surface area contributed by atoms with Crippen LogP contribution < -0.4 is 5.32 Å². The van der Waals surface area contributed by atoms with Crippen LogP contribution in [0.3, 0.4) is 0 Å². The summed E-state index contributed by atoms with van der Waals surface area (Å²) in [7, 11) is 0. The van der Waals surface area contributed by atoms with Crippen molar-refractivity contribution in [1.29, 1.82) is 0 Å². The molecule has 10 heteroatoms. The summed E-state index contributed by atoms with van der Waals surface area (Å²) in [6.45, 7) is 5.43. The van der Waals surface area contributed by atoms with Gasteiger partial charge < -0.3 is 14.5 Å². The van der Waals surface area contributed by atoms with E-state index in [-0.39, 0.29) is 0 Å². The van der Waals surface area contributed by atoms with E-state index in [0.717, 1.165) is 11.3 Å². The van der Waals surface area contributed by atoms with Gasteiger partial charge in [0.25, 0.3) is 5.22 Å². The van der Waals surface area contributed by atoms with Crippen LogP contribution in [0, 0.1) is 0 Å². The number of ether oxygens (including phenoxy) is 1. The van der Waals surface area contributed by atoms with Crippen LogP contribution in [0.1, 0.15) is 44.7 Å². The minimum Gasteiger partial charge on any atom is -0.444 e. The predicted octanol–water partition coefficient (Wildman–Crippen LogP) is 5.99. The number of rotatable bonds is 8. The van der Waals surface area contributed by atoms with Crippen molar-refractivity contribution in [3.63, 3.8) is 0 Å². The molecule has 0 fully saturated rings. The van der Waals surface area contributed by atoms with Crippen molar-refractivity contribution in [2.45, 2.75) is 49.8 Å². The molecule has 2 aromatic rings. The molecule has 0 aliphatic carbocycles. The Morgan fingerprint density at radius 3 is 2.57 bits per heavy atom. The van der Waals surface area contributed by atoms with Gasteiger partial charge in [0.1, 0.15) is 11.6 Å². The highest BCUT2D eigenvalue weighted by molar-refractivity contribution is 7.98. The molecule has 0 unspecified atom stereocenters. The minimum absolute atomic E-state index is 0.340. The second-order valence-corrected chi connectivity index (χ2v) is 9.60. The molecule has 1 aromatic carbocycles. The third kappa shape index (κ3) is 7.39. The molecular formula is C18H23Cl2N3O3S2. The number of amides is 1. The van der Waals surface area contributed by atoms with E-state index >= 15 is 0 Å². The highest BCUT2D eigenvalue weighted by Gasteiger charge is 2.24. The van der Waals surface area contributed by atoms with E-state index in [2.05, 4.69) is 15.5 Å². The van der Waals surface area contributed by atoms with E-state index in [1.54, 1.807) is 30.0 Å². The molecular weight excluding hydrogens is 441 g/mol. The zero-order valence-electron chi connectivity index (χ0n) is 16.1. The first-order chi connectivity index (χ1) is 13.2. The zero-order valence-corrected chi connectivity index (χ0v) is 19.3. The summed E-state index contributed by atoms with van der Waals surface area (Å²) < 4.78 is 11.1. The van der Waals surface area contributed by atoms with Crippen LogP contribution in [0.15, 0.2) is 27.8 Å². The molecule has 154 valence electrons. The number of hydrogen-bond donors (Lipinski definition) is 1. The molecule has 0 radical (unpaired) electrons. The lowest BCUT2D eigenvalue weighted by atomic mass is 10.2. The Morgan fingerprint density at radius 1 is 1.29 bits per heavy atom. The second-order valence-electron chi connectivity index (χ2n) is 6.88. The summed E-state index contributed by atoms with van der Waals surface area (Å²) in [5.41, 5.74) is 0.222. The van der Waals surface area contributed by atoms with E-state index in [9.17, 15) is 4.79 Å². The van der Waals surface area contributed by atoms with Crippen molar-refractivity contribution < 1.29 is 13.9 Å². The summed E-state index contributed by atoms with van der Waals surface area (Å²) in [5.74, 6) is 1.66. The Bertz CT molecular complexity index is 776. The fraction of sp³-hybridized carbons (Fsp3) is 0.500. The molecule has 0 aliphatic heterocycles. The number of benzene rings is 1. The number of hydrogen-bond acceptors (Lipinski definition) is 7. The molecule has 1 amide bonds. The highest BCUT2D eigenvalue weighted by atomic mass is 35.5. The Labute approximate surface area is 183 Å². The van der Waals surface area contributed by atoms with Crippen molar-refractivity contribution >= 4 is 52.8 Å². The van der Waals surface area contributed by atoms with Crippen molar-refractivity contribution in [3.05, 3.63) is 39.7 Å². The average molecular weight is 464 g/mol. The molecule has 28 heavy (non-hydrogen) atoms. The number of halogens is 2. The molecule has 1 heterocycles. The van der Waals surface area contributed by atoms with Gasteiger partial charge in [-0.25, -0.2) is 4.79 Å². The second kappa shape index (κ2) is 10.6. The molecule has 1 N–H and O–H groups in total. The maximum absolute atomic E-state index is 12.1. The minimum atomic E-state index is -0.585. The van der Waals surface area contributed by atoms with E-state index in [4.69, 9.17) is 32.4 Å². The van der Waals surface area contributed by atoms with Gasteiger partial charge in [-0.15, -0.1) is 10.2 Å². The van der Waals surface area contributed by atoms with Crippen LogP contribution in [0.4, 0.5) is 4.79 Å². The lowest BCUT2D eigenvalue weighted by molar-refractivity contribution is 0.0493. The molecule has 0 saturated carbocycles. The summed E-state index contributed by atoms with van der Waals surface area (Å²) in [4.78, 5) is 12.1. The summed E-state index contributed by atoms with van der Waals surface area (Å²) in [5, 5.41) is 12.5. The van der Waals surface area contributed by atoms with Crippen molar-refractivity contribution in [2.24, 2.45) is 0 Å². The molecule has 6 nitrogen and oxygen atoms in total. The van der Waals surface area contributed by atoms with Gasteiger partial charge in [0.05, 0.1) is 0 Å². The number of nitrogens with zero attached hydrogens (tertiary/aromatic N) is 2. The molecule has 2 rings (SSSR count). The van der Waals surface area contributed by atoms with E-state index in [1.165, 1.54) is 11.8 Å². The number of carbonyl (C=O) groups excluding carboxylic acids is 1. The van der Waals surface area contributed by atoms with Gasteiger partial charge in [-0.3, -0.25) is 0 Å². The fourth-order valence-corrected chi connectivity index (χ4v) is 4.15. The summed E-state index contributed by atoms with van der Waals surface area (Å²) >= 11 is 15.4. The van der Waals surface area contributed by atoms with Gasteiger partial charge in [0.2, 0.25) is 5.89 Å². The van der Waals surface area contributed by atoms with Gasteiger partial charge in [0, 0.05) is 15.8 Å². The number of carbonyl (C=O) groups is 1. The molecule has 1 atom stereocenters. The van der Waals surface area contributed by atoms with Gasteiger partial charge in [-0.05, 0) is 56.9 Å². The lowest BCUT2D eigenvalue weighted by Gasteiger charge is -2.22. The number of nitrogens with one attached hydrogen (secondary N) is 1. The summed E-state index contributed by atoms with van der Waals surface area (Å²) in [6.07, 6.45) is 2.12. The SMILES string of the molecule is CSCC[C@H](NC(=O)OC(C)(C)C)c1nnc(SCc2c(Cl)cccc2Cl)o1.